The SMILES string of the molecule is CC1CCC(NCCCn2ccnc2)CC1C. The summed E-state index contributed by atoms with van der Waals surface area (Å²) in [6.45, 7) is 6.99. The Kier molecular flexibility index (Phi) is 4.60. The average molecular weight is 235 g/mol. The molecular formula is C14H25N3. The summed E-state index contributed by atoms with van der Waals surface area (Å²) in [6, 6.07) is 0.754. The first-order valence-electron chi connectivity index (χ1n) is 6.95. The molecule has 0 spiro atoms. The van der Waals surface area contributed by atoms with Crippen LogP contribution in [0.3, 0.4) is 0 Å². The van der Waals surface area contributed by atoms with E-state index >= 15 is 0 Å². The first-order valence-corrected chi connectivity index (χ1v) is 6.95. The van der Waals surface area contributed by atoms with Crippen LogP contribution in [0.25, 0.3) is 0 Å². The van der Waals surface area contributed by atoms with Crippen LogP contribution in [-0.2, 0) is 6.54 Å². The van der Waals surface area contributed by atoms with Crippen molar-refractivity contribution in [2.75, 3.05) is 6.54 Å². The van der Waals surface area contributed by atoms with Crippen LogP contribution in [0.15, 0.2) is 18.7 Å². The molecule has 3 heteroatoms. The normalized spacial score (nSPS) is 29.4. The first kappa shape index (κ1) is 12.6. The number of aryl methyl sites for hydroxylation is 1. The lowest BCUT2D eigenvalue weighted by atomic mass is 9.79. The summed E-state index contributed by atoms with van der Waals surface area (Å²) < 4.78 is 2.15. The molecule has 1 heterocycles. The van der Waals surface area contributed by atoms with Gasteiger partial charge in [0.1, 0.15) is 0 Å². The van der Waals surface area contributed by atoms with E-state index in [1.807, 2.05) is 18.7 Å². The lowest BCUT2D eigenvalue weighted by molar-refractivity contribution is 0.226. The lowest BCUT2D eigenvalue weighted by Crippen LogP contribution is -2.36. The minimum absolute atomic E-state index is 0.754. The molecule has 17 heavy (non-hydrogen) atoms. The number of aromatic nitrogens is 2. The summed E-state index contributed by atoms with van der Waals surface area (Å²) in [5.74, 6) is 1.80. The van der Waals surface area contributed by atoms with Crippen molar-refractivity contribution >= 4 is 0 Å². The molecule has 2 rings (SSSR count). The zero-order valence-electron chi connectivity index (χ0n) is 11.1. The van der Waals surface area contributed by atoms with Crippen LogP contribution in [0.2, 0.25) is 0 Å². The topological polar surface area (TPSA) is 29.9 Å². The maximum Gasteiger partial charge on any atom is 0.0945 e. The largest absolute Gasteiger partial charge is 0.337 e. The molecule has 1 aromatic rings. The molecule has 3 atom stereocenters. The standard InChI is InChI=1S/C14H25N3/c1-12-4-5-14(10-13(12)2)16-6-3-8-17-9-7-15-11-17/h7,9,11-14,16H,3-6,8,10H2,1-2H3. The quantitative estimate of drug-likeness (QED) is 0.795. The molecule has 3 nitrogen and oxygen atoms in total. The van der Waals surface area contributed by atoms with Crippen molar-refractivity contribution in [1.29, 1.82) is 0 Å². The second-order valence-electron chi connectivity index (χ2n) is 5.57. The smallest absolute Gasteiger partial charge is 0.0945 e. The van der Waals surface area contributed by atoms with Gasteiger partial charge < -0.3 is 9.88 Å². The fraction of sp³-hybridized carbons (Fsp3) is 0.786. The molecule has 0 amide bonds. The number of imidazole rings is 1. The van der Waals surface area contributed by atoms with Crippen LogP contribution in [-0.4, -0.2) is 22.1 Å². The Morgan fingerprint density at radius 3 is 2.88 bits per heavy atom. The van der Waals surface area contributed by atoms with Gasteiger partial charge in [0.05, 0.1) is 6.33 Å². The Labute approximate surface area is 105 Å². The summed E-state index contributed by atoms with van der Waals surface area (Å²) in [6.07, 6.45) is 11.1. The lowest BCUT2D eigenvalue weighted by Gasteiger charge is -2.32. The van der Waals surface area contributed by atoms with E-state index in [1.165, 1.54) is 25.7 Å². The van der Waals surface area contributed by atoms with E-state index in [9.17, 15) is 0 Å². The van der Waals surface area contributed by atoms with E-state index in [0.29, 0.717) is 0 Å². The van der Waals surface area contributed by atoms with Gasteiger partial charge in [0.2, 0.25) is 0 Å². The van der Waals surface area contributed by atoms with Gasteiger partial charge in [-0.1, -0.05) is 13.8 Å². The van der Waals surface area contributed by atoms with E-state index < -0.39 is 0 Å². The van der Waals surface area contributed by atoms with E-state index in [1.54, 1.807) is 0 Å². The van der Waals surface area contributed by atoms with Gasteiger partial charge >= 0.3 is 0 Å². The molecule has 96 valence electrons. The van der Waals surface area contributed by atoms with Crippen LogP contribution in [0.4, 0.5) is 0 Å². The van der Waals surface area contributed by atoms with Crippen molar-refractivity contribution in [2.45, 2.75) is 52.1 Å². The van der Waals surface area contributed by atoms with Crippen LogP contribution < -0.4 is 5.32 Å². The highest BCUT2D eigenvalue weighted by Crippen LogP contribution is 2.29. The third kappa shape index (κ3) is 3.84. The predicted octanol–water partition coefficient (Wildman–Crippen LogP) is 2.69. The van der Waals surface area contributed by atoms with E-state index in [4.69, 9.17) is 0 Å². The van der Waals surface area contributed by atoms with Gasteiger partial charge in [0, 0.05) is 25.0 Å². The molecular weight excluding hydrogens is 210 g/mol. The average Bonchev–Trinajstić information content (AvgIpc) is 2.82. The van der Waals surface area contributed by atoms with Gasteiger partial charge in [-0.25, -0.2) is 4.98 Å². The molecule has 1 aliphatic carbocycles. The molecule has 0 bridgehead atoms. The van der Waals surface area contributed by atoms with Gasteiger partial charge in [0.25, 0.3) is 0 Å². The van der Waals surface area contributed by atoms with E-state index in [2.05, 4.69) is 28.7 Å². The molecule has 3 unspecified atom stereocenters. The maximum absolute atomic E-state index is 4.05. The van der Waals surface area contributed by atoms with Crippen molar-refractivity contribution < 1.29 is 0 Å². The van der Waals surface area contributed by atoms with Gasteiger partial charge in [0.15, 0.2) is 0 Å². The van der Waals surface area contributed by atoms with Gasteiger partial charge in [-0.05, 0) is 44.1 Å². The molecule has 1 aliphatic rings. The Bertz CT molecular complexity index is 307. The summed E-state index contributed by atoms with van der Waals surface area (Å²) in [5.41, 5.74) is 0. The van der Waals surface area contributed by atoms with Crippen molar-refractivity contribution in [3.63, 3.8) is 0 Å². The fourth-order valence-electron chi connectivity index (χ4n) is 2.72. The molecule has 0 aromatic carbocycles. The van der Waals surface area contributed by atoms with Crippen LogP contribution >= 0.6 is 0 Å². The molecule has 0 radical (unpaired) electrons. The molecule has 0 saturated heterocycles. The maximum atomic E-state index is 4.05. The molecule has 1 N–H and O–H groups in total. The van der Waals surface area contributed by atoms with Crippen LogP contribution in [0, 0.1) is 11.8 Å². The zero-order valence-corrected chi connectivity index (χ0v) is 11.1. The molecule has 1 aromatic heterocycles. The Morgan fingerprint density at radius 2 is 2.18 bits per heavy atom. The van der Waals surface area contributed by atoms with Gasteiger partial charge in [-0.3, -0.25) is 0 Å². The summed E-state index contributed by atoms with van der Waals surface area (Å²) >= 11 is 0. The van der Waals surface area contributed by atoms with Gasteiger partial charge in [-0.15, -0.1) is 0 Å². The second-order valence-corrected chi connectivity index (χ2v) is 5.57. The molecule has 1 fully saturated rings. The number of hydrogen-bond donors (Lipinski definition) is 1. The van der Waals surface area contributed by atoms with Crippen molar-refractivity contribution in [3.05, 3.63) is 18.7 Å². The molecule has 0 aliphatic heterocycles. The highest BCUT2D eigenvalue weighted by molar-refractivity contribution is 4.80. The third-order valence-electron chi connectivity index (χ3n) is 4.18. The van der Waals surface area contributed by atoms with Gasteiger partial charge in [-0.2, -0.15) is 0 Å². The van der Waals surface area contributed by atoms with E-state index in [0.717, 1.165) is 31.0 Å². The monoisotopic (exact) mass is 235 g/mol. The summed E-state index contributed by atoms with van der Waals surface area (Å²) in [4.78, 5) is 4.05. The Hall–Kier alpha value is -0.830. The number of nitrogens with zero attached hydrogens (tertiary/aromatic N) is 2. The van der Waals surface area contributed by atoms with Crippen molar-refractivity contribution in [1.82, 2.24) is 14.9 Å². The second kappa shape index (κ2) is 6.20. The fourth-order valence-corrected chi connectivity index (χ4v) is 2.72. The van der Waals surface area contributed by atoms with Crippen LogP contribution in [0.1, 0.15) is 39.5 Å². The zero-order chi connectivity index (χ0) is 12.1. The Morgan fingerprint density at radius 1 is 1.29 bits per heavy atom. The summed E-state index contributed by atoms with van der Waals surface area (Å²) in [7, 11) is 0. The number of hydrogen-bond acceptors (Lipinski definition) is 2. The minimum Gasteiger partial charge on any atom is -0.337 e. The van der Waals surface area contributed by atoms with Crippen LogP contribution in [0.5, 0.6) is 0 Å². The Balaban J connectivity index is 1.59. The predicted molar refractivity (Wildman–Crippen MR) is 70.8 cm³/mol. The molecule has 1 saturated carbocycles. The highest BCUT2D eigenvalue weighted by atomic mass is 15.0. The number of nitrogens with one attached hydrogen (secondary N) is 1. The van der Waals surface area contributed by atoms with Crippen molar-refractivity contribution in [3.8, 4) is 0 Å². The highest BCUT2D eigenvalue weighted by Gasteiger charge is 2.23. The van der Waals surface area contributed by atoms with Crippen molar-refractivity contribution in [2.24, 2.45) is 11.8 Å². The third-order valence-corrected chi connectivity index (χ3v) is 4.18. The number of rotatable bonds is 5. The minimum atomic E-state index is 0.754. The summed E-state index contributed by atoms with van der Waals surface area (Å²) in [5, 5.41) is 3.70. The van der Waals surface area contributed by atoms with E-state index in [-0.39, 0.29) is 0 Å². The first-order chi connectivity index (χ1) is 8.25.